The van der Waals surface area contributed by atoms with Gasteiger partial charge in [0.1, 0.15) is 11.5 Å². The maximum absolute atomic E-state index is 13.4. The highest BCUT2D eigenvalue weighted by molar-refractivity contribution is 7.17. The lowest BCUT2D eigenvalue weighted by Gasteiger charge is -2.24. The highest BCUT2D eigenvalue weighted by Crippen LogP contribution is 2.45. The molecule has 0 saturated carbocycles. The van der Waals surface area contributed by atoms with E-state index in [-0.39, 0.29) is 22.7 Å². The molecule has 0 radical (unpaired) electrons. The molecule has 1 heterocycles. The monoisotopic (exact) mass is 374 g/mol. The largest absolute Gasteiger partial charge is 0.495 e. The second kappa shape index (κ2) is 5.66. The standard InChI is InChI=1S/C22H14O4S/c1-25-21-12-5-3-4-6-13(12)22(26-2)18-17(21)19(23)14-9-11-7-8-27-16(11)10-15(14)20(18)24/h3-10H,1-2H3. The number of fused-ring (bicyclic) bond motifs is 4. The Morgan fingerprint density at radius 3 is 1.89 bits per heavy atom. The Hall–Kier alpha value is -3.18. The zero-order valence-corrected chi connectivity index (χ0v) is 15.5. The minimum absolute atomic E-state index is 0.212. The van der Waals surface area contributed by atoms with Crippen LogP contribution in [0.5, 0.6) is 11.5 Å². The molecule has 0 bridgehead atoms. The van der Waals surface area contributed by atoms with Gasteiger partial charge in [0, 0.05) is 26.6 Å². The molecule has 4 aromatic rings. The summed E-state index contributed by atoms with van der Waals surface area (Å²) in [6, 6.07) is 13.0. The molecule has 0 unspecified atom stereocenters. The summed E-state index contributed by atoms with van der Waals surface area (Å²) in [5.74, 6) is 0.400. The molecule has 3 aromatic carbocycles. The van der Waals surface area contributed by atoms with Gasteiger partial charge in [-0.25, -0.2) is 0 Å². The van der Waals surface area contributed by atoms with E-state index < -0.39 is 0 Å². The number of rotatable bonds is 2. The van der Waals surface area contributed by atoms with Crippen LogP contribution in [-0.2, 0) is 0 Å². The second-order valence-electron chi connectivity index (χ2n) is 6.38. The zero-order chi connectivity index (χ0) is 18.7. The quantitative estimate of drug-likeness (QED) is 0.443. The van der Waals surface area contributed by atoms with Gasteiger partial charge < -0.3 is 9.47 Å². The van der Waals surface area contributed by atoms with Gasteiger partial charge in [-0.3, -0.25) is 9.59 Å². The minimum Gasteiger partial charge on any atom is -0.495 e. The number of carbonyl (C=O) groups excluding carboxylic acids is 2. The number of benzene rings is 3. The number of hydrogen-bond donors (Lipinski definition) is 0. The van der Waals surface area contributed by atoms with Gasteiger partial charge in [-0.05, 0) is 29.0 Å². The molecule has 1 aliphatic rings. The van der Waals surface area contributed by atoms with Gasteiger partial charge in [0.25, 0.3) is 0 Å². The molecule has 0 atom stereocenters. The Kier molecular flexibility index (Phi) is 3.36. The van der Waals surface area contributed by atoms with Crippen LogP contribution in [0.25, 0.3) is 20.9 Å². The molecule has 5 heteroatoms. The van der Waals surface area contributed by atoms with Gasteiger partial charge >= 0.3 is 0 Å². The number of thiophene rings is 1. The number of ether oxygens (including phenoxy) is 2. The highest BCUT2D eigenvalue weighted by atomic mass is 32.1. The van der Waals surface area contributed by atoms with Crippen molar-refractivity contribution in [3.05, 3.63) is 70.1 Å². The topological polar surface area (TPSA) is 52.6 Å². The molecule has 0 N–H and O–H groups in total. The Morgan fingerprint density at radius 2 is 1.33 bits per heavy atom. The summed E-state index contributed by atoms with van der Waals surface area (Å²) in [5.41, 5.74) is 1.38. The van der Waals surface area contributed by atoms with E-state index >= 15 is 0 Å². The van der Waals surface area contributed by atoms with Crippen LogP contribution in [-0.4, -0.2) is 25.8 Å². The molecule has 0 fully saturated rings. The van der Waals surface area contributed by atoms with Crippen molar-refractivity contribution >= 4 is 43.8 Å². The van der Waals surface area contributed by atoms with Crippen molar-refractivity contribution in [3.8, 4) is 11.5 Å². The normalized spacial score (nSPS) is 13.0. The molecule has 1 aromatic heterocycles. The summed E-state index contributed by atoms with van der Waals surface area (Å²) in [4.78, 5) is 26.9. The first-order valence-electron chi connectivity index (χ1n) is 8.43. The van der Waals surface area contributed by atoms with E-state index in [9.17, 15) is 9.59 Å². The van der Waals surface area contributed by atoms with Crippen LogP contribution >= 0.6 is 11.3 Å². The molecule has 27 heavy (non-hydrogen) atoms. The van der Waals surface area contributed by atoms with Crippen molar-refractivity contribution in [2.45, 2.75) is 0 Å². The fourth-order valence-corrected chi connectivity index (χ4v) is 4.70. The van der Waals surface area contributed by atoms with Gasteiger partial charge in [-0.2, -0.15) is 0 Å². The summed E-state index contributed by atoms with van der Waals surface area (Å²) in [6.45, 7) is 0. The Bertz CT molecular complexity index is 1190. The van der Waals surface area contributed by atoms with Crippen molar-refractivity contribution in [1.29, 1.82) is 0 Å². The lowest BCUT2D eigenvalue weighted by Crippen LogP contribution is -2.23. The van der Waals surface area contributed by atoms with E-state index in [2.05, 4.69) is 0 Å². The molecule has 0 saturated heterocycles. The Balaban J connectivity index is 1.95. The maximum atomic E-state index is 13.4. The number of methoxy groups -OCH3 is 2. The van der Waals surface area contributed by atoms with E-state index in [0.29, 0.717) is 22.6 Å². The number of hydrogen-bond acceptors (Lipinski definition) is 5. The number of ketones is 2. The van der Waals surface area contributed by atoms with Crippen LogP contribution in [0.1, 0.15) is 31.8 Å². The van der Waals surface area contributed by atoms with Crippen LogP contribution in [0.3, 0.4) is 0 Å². The highest BCUT2D eigenvalue weighted by Gasteiger charge is 2.37. The molecule has 0 spiro atoms. The fraction of sp³-hybridized carbons (Fsp3) is 0.0909. The minimum atomic E-state index is -0.214. The fourth-order valence-electron chi connectivity index (χ4n) is 3.89. The van der Waals surface area contributed by atoms with Crippen molar-refractivity contribution < 1.29 is 19.1 Å². The summed E-state index contributed by atoms with van der Waals surface area (Å²) >= 11 is 1.55. The van der Waals surface area contributed by atoms with Crippen LogP contribution < -0.4 is 9.47 Å². The van der Waals surface area contributed by atoms with Gasteiger partial charge in [-0.1, -0.05) is 24.3 Å². The molecular weight excluding hydrogens is 360 g/mol. The third-order valence-electron chi connectivity index (χ3n) is 5.06. The SMILES string of the molecule is COc1c2c(c(OC)c3ccccc13)C(=O)c1cc3sccc3cc1C2=O. The van der Waals surface area contributed by atoms with E-state index in [1.165, 1.54) is 14.2 Å². The molecular formula is C22H14O4S. The Labute approximate surface area is 158 Å². The lowest BCUT2D eigenvalue weighted by molar-refractivity contribution is 0.0974. The molecule has 0 amide bonds. The average Bonchev–Trinajstić information content (AvgIpc) is 3.16. The van der Waals surface area contributed by atoms with E-state index in [1.807, 2.05) is 35.7 Å². The summed E-state index contributed by atoms with van der Waals surface area (Å²) < 4.78 is 12.2. The molecule has 0 aliphatic heterocycles. The first kappa shape index (κ1) is 16.0. The van der Waals surface area contributed by atoms with Gasteiger partial charge in [0.15, 0.2) is 11.6 Å². The predicted octanol–water partition coefficient (Wildman–Crippen LogP) is 4.85. The Morgan fingerprint density at radius 1 is 0.778 bits per heavy atom. The van der Waals surface area contributed by atoms with Crippen LogP contribution in [0.4, 0.5) is 0 Å². The number of carbonyl (C=O) groups is 2. The first-order valence-corrected chi connectivity index (χ1v) is 9.31. The molecule has 1 aliphatic carbocycles. The van der Waals surface area contributed by atoms with Crippen LogP contribution in [0, 0.1) is 0 Å². The van der Waals surface area contributed by atoms with Gasteiger partial charge in [-0.15, -0.1) is 11.3 Å². The maximum Gasteiger partial charge on any atom is 0.198 e. The first-order chi connectivity index (χ1) is 13.2. The smallest absolute Gasteiger partial charge is 0.198 e. The summed E-state index contributed by atoms with van der Waals surface area (Å²) in [6.07, 6.45) is 0. The van der Waals surface area contributed by atoms with Crippen LogP contribution in [0.15, 0.2) is 47.8 Å². The molecule has 4 nitrogen and oxygen atoms in total. The van der Waals surface area contributed by atoms with Crippen molar-refractivity contribution in [2.24, 2.45) is 0 Å². The van der Waals surface area contributed by atoms with Crippen molar-refractivity contribution in [1.82, 2.24) is 0 Å². The predicted molar refractivity (Wildman–Crippen MR) is 106 cm³/mol. The van der Waals surface area contributed by atoms with Gasteiger partial charge in [0.05, 0.1) is 25.3 Å². The van der Waals surface area contributed by atoms with E-state index in [1.54, 1.807) is 23.5 Å². The summed E-state index contributed by atoms with van der Waals surface area (Å²) in [7, 11) is 3.04. The average molecular weight is 374 g/mol. The lowest BCUT2D eigenvalue weighted by atomic mass is 9.81. The second-order valence-corrected chi connectivity index (χ2v) is 7.32. The van der Waals surface area contributed by atoms with E-state index in [0.717, 1.165) is 20.9 Å². The third kappa shape index (κ3) is 2.03. The van der Waals surface area contributed by atoms with Crippen LogP contribution in [0.2, 0.25) is 0 Å². The molecule has 132 valence electrons. The van der Waals surface area contributed by atoms with Crippen molar-refractivity contribution in [2.75, 3.05) is 14.2 Å². The van der Waals surface area contributed by atoms with Crippen molar-refractivity contribution in [3.63, 3.8) is 0 Å². The summed E-state index contributed by atoms with van der Waals surface area (Å²) in [5, 5.41) is 4.40. The third-order valence-corrected chi connectivity index (χ3v) is 5.94. The zero-order valence-electron chi connectivity index (χ0n) is 14.7. The van der Waals surface area contributed by atoms with E-state index in [4.69, 9.17) is 9.47 Å². The molecule has 5 rings (SSSR count). The van der Waals surface area contributed by atoms with Gasteiger partial charge in [0.2, 0.25) is 0 Å².